The number of aliphatic hydroxyl groups is 1. The summed E-state index contributed by atoms with van der Waals surface area (Å²) in [7, 11) is 0. The van der Waals surface area contributed by atoms with Gasteiger partial charge in [0.2, 0.25) is 0 Å². The van der Waals surface area contributed by atoms with E-state index in [1.165, 1.54) is 12.1 Å². The Hall–Kier alpha value is -3.63. The van der Waals surface area contributed by atoms with Gasteiger partial charge in [-0.2, -0.15) is 0 Å². The highest BCUT2D eigenvalue weighted by atomic mass is 16.6. The van der Waals surface area contributed by atoms with E-state index in [0.29, 0.717) is 0 Å². The van der Waals surface area contributed by atoms with Gasteiger partial charge in [-0.05, 0) is 0 Å². The second kappa shape index (κ2) is 6.19. The number of hydrogen-bond acceptors (Lipinski definition) is 7. The summed E-state index contributed by atoms with van der Waals surface area (Å²) in [4.78, 5) is 37.4. The lowest BCUT2D eigenvalue weighted by atomic mass is 9.73. The number of rotatable bonds is 1. The number of esters is 1. The predicted molar refractivity (Wildman–Crippen MR) is 99.7 cm³/mol. The minimum atomic E-state index is -1.56. The van der Waals surface area contributed by atoms with Crippen LogP contribution in [0, 0.1) is 12.3 Å². The molecular weight excluding hydrogens is 376 g/mol. The van der Waals surface area contributed by atoms with E-state index in [9.17, 15) is 29.7 Å². The Balaban J connectivity index is 1.99. The molecule has 0 radical (unpaired) electrons. The molecule has 0 unspecified atom stereocenters. The first-order valence-electron chi connectivity index (χ1n) is 8.85. The number of ether oxygens (including phenoxy) is 1. The highest BCUT2D eigenvalue weighted by Gasteiger charge is 2.46. The normalized spacial score (nSPS) is 22.2. The molecule has 0 saturated heterocycles. The minimum Gasteiger partial charge on any atom is -0.507 e. The van der Waals surface area contributed by atoms with Crippen LogP contribution in [0.1, 0.15) is 62.4 Å². The number of aromatic hydroxyl groups is 2. The van der Waals surface area contributed by atoms with Crippen LogP contribution in [0.15, 0.2) is 24.3 Å². The molecule has 0 spiro atoms. The number of terminal acetylenes is 1. The number of carbonyl (C=O) groups is 3. The van der Waals surface area contributed by atoms with Crippen molar-refractivity contribution in [1.29, 1.82) is 0 Å². The Morgan fingerprint density at radius 1 is 1.14 bits per heavy atom. The highest BCUT2D eigenvalue weighted by molar-refractivity contribution is 6.30. The van der Waals surface area contributed by atoms with Gasteiger partial charge in [-0.3, -0.25) is 14.4 Å². The van der Waals surface area contributed by atoms with Crippen LogP contribution in [-0.2, 0) is 16.0 Å². The zero-order valence-electron chi connectivity index (χ0n) is 15.4. The minimum absolute atomic E-state index is 0.0280. The lowest BCUT2D eigenvalue weighted by Gasteiger charge is -2.37. The SMILES string of the molecule is C#C[C@]1(OC(C)=O)Cc2c(O)c3c(c(O)c2[C@H](O)C1)C(=O)c1ccccc1C3=O. The number of carbonyl (C=O) groups excluding carboxylic acids is 3. The first kappa shape index (κ1) is 18.7. The van der Waals surface area contributed by atoms with Crippen molar-refractivity contribution >= 4 is 17.5 Å². The van der Waals surface area contributed by atoms with Gasteiger partial charge < -0.3 is 20.1 Å². The molecule has 7 nitrogen and oxygen atoms in total. The summed E-state index contributed by atoms with van der Waals surface area (Å²) in [6.45, 7) is 1.16. The van der Waals surface area contributed by atoms with Gasteiger partial charge in [0, 0.05) is 42.0 Å². The van der Waals surface area contributed by atoms with Gasteiger partial charge in [0.05, 0.1) is 17.2 Å². The molecule has 29 heavy (non-hydrogen) atoms. The van der Waals surface area contributed by atoms with Crippen molar-refractivity contribution in [3.8, 4) is 23.8 Å². The summed E-state index contributed by atoms with van der Waals surface area (Å²) in [5.74, 6) is -0.758. The van der Waals surface area contributed by atoms with Gasteiger partial charge >= 0.3 is 5.97 Å². The molecule has 2 aromatic carbocycles. The molecule has 0 bridgehead atoms. The number of ketones is 2. The molecule has 2 atom stereocenters. The molecule has 0 aliphatic heterocycles. The van der Waals surface area contributed by atoms with Crippen LogP contribution in [0.2, 0.25) is 0 Å². The second-order valence-corrected chi connectivity index (χ2v) is 7.17. The lowest BCUT2D eigenvalue weighted by Crippen LogP contribution is -2.41. The second-order valence-electron chi connectivity index (χ2n) is 7.17. The zero-order chi connectivity index (χ0) is 21.1. The van der Waals surface area contributed by atoms with Gasteiger partial charge in [0.15, 0.2) is 17.2 Å². The largest absolute Gasteiger partial charge is 0.507 e. The Labute approximate surface area is 165 Å². The molecule has 2 aliphatic rings. The summed E-state index contributed by atoms with van der Waals surface area (Å²) in [5, 5.41) is 32.3. The van der Waals surface area contributed by atoms with Crippen LogP contribution in [0.5, 0.6) is 11.5 Å². The maximum atomic E-state index is 13.0. The third kappa shape index (κ3) is 2.53. The molecule has 0 aromatic heterocycles. The monoisotopic (exact) mass is 392 g/mol. The fourth-order valence-electron chi connectivity index (χ4n) is 4.19. The smallest absolute Gasteiger partial charge is 0.304 e. The van der Waals surface area contributed by atoms with Crippen molar-refractivity contribution in [2.75, 3.05) is 0 Å². The van der Waals surface area contributed by atoms with Crippen LogP contribution in [0.25, 0.3) is 0 Å². The third-order valence-electron chi connectivity index (χ3n) is 5.38. The van der Waals surface area contributed by atoms with E-state index in [0.717, 1.165) is 6.92 Å². The van der Waals surface area contributed by atoms with Gasteiger partial charge in [-0.15, -0.1) is 6.42 Å². The Morgan fingerprint density at radius 3 is 2.21 bits per heavy atom. The average Bonchev–Trinajstić information content (AvgIpc) is 2.68. The molecule has 7 heteroatoms. The van der Waals surface area contributed by atoms with E-state index in [2.05, 4.69) is 5.92 Å². The fraction of sp³-hybridized carbons (Fsp3) is 0.227. The van der Waals surface area contributed by atoms with Gasteiger partial charge in [-0.25, -0.2) is 0 Å². The van der Waals surface area contributed by atoms with Crippen molar-refractivity contribution in [2.24, 2.45) is 0 Å². The van der Waals surface area contributed by atoms with E-state index >= 15 is 0 Å². The molecule has 0 heterocycles. The van der Waals surface area contributed by atoms with Gasteiger partial charge in [0.1, 0.15) is 11.5 Å². The Kier molecular flexibility index (Phi) is 4.00. The van der Waals surface area contributed by atoms with Crippen LogP contribution in [-0.4, -0.2) is 38.5 Å². The molecule has 2 aromatic rings. The first-order valence-corrected chi connectivity index (χ1v) is 8.85. The number of phenols is 2. The summed E-state index contributed by atoms with van der Waals surface area (Å²) < 4.78 is 5.22. The van der Waals surface area contributed by atoms with Crippen molar-refractivity contribution in [2.45, 2.75) is 31.5 Å². The van der Waals surface area contributed by atoms with Crippen LogP contribution in [0.3, 0.4) is 0 Å². The maximum absolute atomic E-state index is 13.0. The molecule has 0 fully saturated rings. The van der Waals surface area contributed by atoms with Crippen molar-refractivity contribution in [3.63, 3.8) is 0 Å². The number of aliphatic hydroxyl groups excluding tert-OH is 1. The van der Waals surface area contributed by atoms with E-state index in [-0.39, 0.29) is 46.2 Å². The molecule has 3 N–H and O–H groups in total. The van der Waals surface area contributed by atoms with Crippen molar-refractivity contribution in [3.05, 3.63) is 57.6 Å². The van der Waals surface area contributed by atoms with Crippen LogP contribution < -0.4 is 0 Å². The summed E-state index contributed by atoms with van der Waals surface area (Å²) >= 11 is 0. The number of fused-ring (bicyclic) bond motifs is 3. The van der Waals surface area contributed by atoms with Gasteiger partial charge in [-0.1, -0.05) is 30.2 Å². The standard InChI is InChI=1S/C22H16O7/c1-3-22(29-10(2)23)8-13-15(14(24)9-22)21(28)17-16(20(13)27)18(25)11-6-4-5-7-12(11)19(17)26/h1,4-7,14,24,27-28H,8-9H2,2H3/t14-,22+/m1/s1. The fourth-order valence-corrected chi connectivity index (χ4v) is 4.19. The molecule has 4 rings (SSSR count). The quantitative estimate of drug-likeness (QED) is 0.328. The van der Waals surface area contributed by atoms with Crippen molar-refractivity contribution < 1.29 is 34.4 Å². The molecule has 2 aliphatic carbocycles. The highest BCUT2D eigenvalue weighted by Crippen LogP contribution is 2.50. The van der Waals surface area contributed by atoms with Crippen LogP contribution in [0.4, 0.5) is 0 Å². The first-order chi connectivity index (χ1) is 13.7. The Morgan fingerprint density at radius 2 is 1.69 bits per heavy atom. The zero-order valence-corrected chi connectivity index (χ0v) is 15.4. The molecule has 146 valence electrons. The van der Waals surface area contributed by atoms with Gasteiger partial charge in [0.25, 0.3) is 0 Å². The molecule has 0 amide bonds. The summed E-state index contributed by atoms with van der Waals surface area (Å²) in [5.41, 5.74) is -2.20. The molecular formula is C22H16O7. The molecule has 0 saturated carbocycles. The maximum Gasteiger partial charge on any atom is 0.304 e. The van der Waals surface area contributed by atoms with E-state index in [4.69, 9.17) is 11.2 Å². The van der Waals surface area contributed by atoms with E-state index in [1.807, 2.05) is 0 Å². The number of phenolic OH excluding ortho intramolecular Hbond substituents is 2. The summed E-state index contributed by atoms with van der Waals surface area (Å²) in [6.07, 6.45) is 3.65. The Bertz CT molecular complexity index is 1150. The number of hydrogen-bond donors (Lipinski definition) is 3. The summed E-state index contributed by atoms with van der Waals surface area (Å²) in [6, 6.07) is 6.07. The van der Waals surface area contributed by atoms with E-state index in [1.54, 1.807) is 12.1 Å². The average molecular weight is 392 g/mol. The van der Waals surface area contributed by atoms with Crippen LogP contribution >= 0.6 is 0 Å². The van der Waals surface area contributed by atoms with Crippen molar-refractivity contribution in [1.82, 2.24) is 0 Å². The lowest BCUT2D eigenvalue weighted by molar-refractivity contribution is -0.154. The predicted octanol–water partition coefficient (Wildman–Crippen LogP) is 1.79. The van der Waals surface area contributed by atoms with E-state index < -0.39 is 40.7 Å². The third-order valence-corrected chi connectivity index (χ3v) is 5.38. The number of benzene rings is 2. The topological polar surface area (TPSA) is 121 Å².